The number of nitrogens with one attached hydrogen (secondary N) is 2. The molecule has 2 aromatic carbocycles. The van der Waals surface area contributed by atoms with Gasteiger partial charge in [0.05, 0.1) is 12.1 Å². The molecule has 0 spiro atoms. The standard InChI is InChI=1S/C20H24ClN3O3.HI/c1-22-20(24-13-14-3-5-16(25-2)6-4-14)23-8-7-15-11-17(21)19-18(12-15)26-9-10-27-19;/h3-6,11-12H,7-10,13H2,1-2H3,(H2,22,23,24);1H. The van der Waals surface area contributed by atoms with E-state index in [0.29, 0.717) is 36.3 Å². The van der Waals surface area contributed by atoms with E-state index < -0.39 is 0 Å². The van der Waals surface area contributed by atoms with Crippen LogP contribution >= 0.6 is 35.6 Å². The normalized spacial score (nSPS) is 12.8. The van der Waals surface area contributed by atoms with Gasteiger partial charge in [0.15, 0.2) is 17.5 Å². The Morgan fingerprint density at radius 3 is 2.57 bits per heavy atom. The molecular formula is C20H25ClIN3O3. The second kappa shape index (κ2) is 11.2. The van der Waals surface area contributed by atoms with Crippen molar-refractivity contribution >= 4 is 41.5 Å². The van der Waals surface area contributed by atoms with E-state index >= 15 is 0 Å². The Bertz CT molecular complexity index is 800. The minimum Gasteiger partial charge on any atom is -0.497 e. The Labute approximate surface area is 187 Å². The fraction of sp³-hybridized carbons (Fsp3) is 0.350. The summed E-state index contributed by atoms with van der Waals surface area (Å²) in [4.78, 5) is 4.25. The van der Waals surface area contributed by atoms with Crippen LogP contribution in [-0.2, 0) is 13.0 Å². The molecule has 6 nitrogen and oxygen atoms in total. The zero-order valence-corrected chi connectivity index (χ0v) is 19.0. The molecule has 8 heteroatoms. The molecule has 0 saturated heterocycles. The van der Waals surface area contributed by atoms with Crippen molar-refractivity contribution in [2.24, 2.45) is 4.99 Å². The van der Waals surface area contributed by atoms with Gasteiger partial charge in [0.25, 0.3) is 0 Å². The molecule has 0 bridgehead atoms. The largest absolute Gasteiger partial charge is 0.497 e. The summed E-state index contributed by atoms with van der Waals surface area (Å²) in [5.41, 5.74) is 2.24. The highest BCUT2D eigenvalue weighted by Crippen LogP contribution is 2.38. The molecule has 1 heterocycles. The van der Waals surface area contributed by atoms with Gasteiger partial charge in [0.1, 0.15) is 19.0 Å². The minimum absolute atomic E-state index is 0. The summed E-state index contributed by atoms with van der Waals surface area (Å²) in [5, 5.41) is 7.19. The fourth-order valence-corrected chi connectivity index (χ4v) is 3.07. The number of halogens is 2. The smallest absolute Gasteiger partial charge is 0.191 e. The molecule has 28 heavy (non-hydrogen) atoms. The van der Waals surface area contributed by atoms with Gasteiger partial charge < -0.3 is 24.8 Å². The number of benzene rings is 2. The molecule has 2 aromatic rings. The average Bonchev–Trinajstić information content (AvgIpc) is 2.71. The third-order valence-electron chi connectivity index (χ3n) is 4.21. The Morgan fingerprint density at radius 2 is 1.86 bits per heavy atom. The maximum absolute atomic E-state index is 6.28. The molecule has 0 saturated carbocycles. The first kappa shape index (κ1) is 22.4. The quantitative estimate of drug-likeness (QED) is 0.348. The molecule has 3 rings (SSSR count). The van der Waals surface area contributed by atoms with Gasteiger partial charge >= 0.3 is 0 Å². The second-order valence-electron chi connectivity index (χ2n) is 6.05. The summed E-state index contributed by atoms with van der Waals surface area (Å²) >= 11 is 6.28. The van der Waals surface area contributed by atoms with Crippen molar-refractivity contribution in [2.75, 3.05) is 33.9 Å². The van der Waals surface area contributed by atoms with Crippen LogP contribution in [0.15, 0.2) is 41.4 Å². The molecule has 0 radical (unpaired) electrons. The number of guanidine groups is 1. The lowest BCUT2D eigenvalue weighted by molar-refractivity contribution is 0.171. The molecule has 0 atom stereocenters. The maximum Gasteiger partial charge on any atom is 0.191 e. The van der Waals surface area contributed by atoms with Crippen molar-refractivity contribution in [3.05, 3.63) is 52.5 Å². The van der Waals surface area contributed by atoms with E-state index in [1.807, 2.05) is 36.4 Å². The topological polar surface area (TPSA) is 64.1 Å². The molecule has 2 N–H and O–H groups in total. The van der Waals surface area contributed by atoms with Crippen LogP contribution < -0.4 is 24.8 Å². The molecule has 1 aliphatic heterocycles. The summed E-state index contributed by atoms with van der Waals surface area (Å²) in [6.07, 6.45) is 0.791. The highest BCUT2D eigenvalue weighted by atomic mass is 127. The summed E-state index contributed by atoms with van der Waals surface area (Å²) in [6, 6.07) is 11.8. The van der Waals surface area contributed by atoms with E-state index in [1.165, 1.54) is 0 Å². The third kappa shape index (κ3) is 6.07. The van der Waals surface area contributed by atoms with Crippen LogP contribution in [0.2, 0.25) is 5.02 Å². The van der Waals surface area contributed by atoms with Crippen LogP contribution in [0.4, 0.5) is 0 Å². The first-order valence-electron chi connectivity index (χ1n) is 8.85. The number of nitrogens with zero attached hydrogens (tertiary/aromatic N) is 1. The number of ether oxygens (including phenoxy) is 3. The molecule has 152 valence electrons. The molecule has 0 aliphatic carbocycles. The van der Waals surface area contributed by atoms with Gasteiger partial charge in [-0.3, -0.25) is 4.99 Å². The first-order valence-corrected chi connectivity index (χ1v) is 9.23. The minimum atomic E-state index is 0. The van der Waals surface area contributed by atoms with E-state index in [1.54, 1.807) is 14.2 Å². The molecule has 1 aliphatic rings. The van der Waals surface area contributed by atoms with E-state index in [0.717, 1.165) is 35.8 Å². The molecule has 0 fully saturated rings. The van der Waals surface area contributed by atoms with Crippen LogP contribution in [0.3, 0.4) is 0 Å². The van der Waals surface area contributed by atoms with Crippen molar-refractivity contribution < 1.29 is 14.2 Å². The number of methoxy groups -OCH3 is 1. The monoisotopic (exact) mass is 517 g/mol. The summed E-state index contributed by atoms with van der Waals surface area (Å²) in [5.74, 6) is 2.94. The Kier molecular flexibility index (Phi) is 8.98. The highest BCUT2D eigenvalue weighted by Gasteiger charge is 2.16. The SMILES string of the molecule is CN=C(NCCc1cc(Cl)c2c(c1)OCCO2)NCc1ccc(OC)cc1.I. The zero-order valence-electron chi connectivity index (χ0n) is 16.0. The predicted octanol–water partition coefficient (Wildman–Crippen LogP) is 3.65. The van der Waals surface area contributed by atoms with Gasteiger partial charge in [0, 0.05) is 20.1 Å². The van der Waals surface area contributed by atoms with Crippen LogP contribution in [-0.4, -0.2) is 39.9 Å². The van der Waals surface area contributed by atoms with E-state index in [2.05, 4.69) is 15.6 Å². The molecule has 0 amide bonds. The van der Waals surface area contributed by atoms with E-state index in [-0.39, 0.29) is 24.0 Å². The Balaban J connectivity index is 0.00000280. The number of rotatable bonds is 6. The van der Waals surface area contributed by atoms with Gasteiger partial charge in [-0.2, -0.15) is 0 Å². The maximum atomic E-state index is 6.28. The van der Waals surface area contributed by atoms with Crippen molar-refractivity contribution in [1.29, 1.82) is 0 Å². The summed E-state index contributed by atoms with van der Waals surface area (Å²) < 4.78 is 16.3. The zero-order chi connectivity index (χ0) is 19.1. The number of hydrogen-bond donors (Lipinski definition) is 2. The number of hydrogen-bond acceptors (Lipinski definition) is 4. The highest BCUT2D eigenvalue weighted by molar-refractivity contribution is 14.0. The van der Waals surface area contributed by atoms with Gasteiger partial charge in [-0.05, 0) is 41.8 Å². The Morgan fingerprint density at radius 1 is 1.11 bits per heavy atom. The van der Waals surface area contributed by atoms with E-state index in [9.17, 15) is 0 Å². The lowest BCUT2D eigenvalue weighted by Crippen LogP contribution is -2.37. The van der Waals surface area contributed by atoms with Crippen molar-refractivity contribution in [2.45, 2.75) is 13.0 Å². The van der Waals surface area contributed by atoms with Crippen LogP contribution in [0.25, 0.3) is 0 Å². The lowest BCUT2D eigenvalue weighted by Gasteiger charge is -2.20. The van der Waals surface area contributed by atoms with Crippen molar-refractivity contribution in [3.63, 3.8) is 0 Å². The van der Waals surface area contributed by atoms with Crippen LogP contribution in [0.5, 0.6) is 17.2 Å². The van der Waals surface area contributed by atoms with Crippen molar-refractivity contribution in [3.8, 4) is 17.2 Å². The summed E-state index contributed by atoms with van der Waals surface area (Å²) in [7, 11) is 3.41. The predicted molar refractivity (Wildman–Crippen MR) is 123 cm³/mol. The van der Waals surface area contributed by atoms with Gasteiger partial charge in [-0.1, -0.05) is 23.7 Å². The van der Waals surface area contributed by atoms with Gasteiger partial charge in [-0.15, -0.1) is 24.0 Å². The molecule has 0 aromatic heterocycles. The fourth-order valence-electron chi connectivity index (χ4n) is 2.78. The van der Waals surface area contributed by atoms with Gasteiger partial charge in [-0.25, -0.2) is 0 Å². The van der Waals surface area contributed by atoms with E-state index in [4.69, 9.17) is 25.8 Å². The number of fused-ring (bicyclic) bond motifs is 1. The first-order chi connectivity index (χ1) is 13.2. The average molecular weight is 518 g/mol. The molecular weight excluding hydrogens is 493 g/mol. The number of aliphatic imine (C=N–C) groups is 1. The molecule has 0 unspecified atom stereocenters. The second-order valence-corrected chi connectivity index (χ2v) is 6.46. The lowest BCUT2D eigenvalue weighted by atomic mass is 10.1. The Hall–Kier alpha value is -1.87. The van der Waals surface area contributed by atoms with Gasteiger partial charge in [0.2, 0.25) is 0 Å². The third-order valence-corrected chi connectivity index (χ3v) is 4.49. The van der Waals surface area contributed by atoms with Crippen molar-refractivity contribution in [1.82, 2.24) is 10.6 Å². The summed E-state index contributed by atoms with van der Waals surface area (Å²) in [6.45, 7) is 2.48. The van der Waals surface area contributed by atoms with Crippen LogP contribution in [0.1, 0.15) is 11.1 Å². The van der Waals surface area contributed by atoms with Crippen LogP contribution in [0, 0.1) is 0 Å².